The van der Waals surface area contributed by atoms with Crippen LogP contribution >= 0.6 is 11.6 Å². The van der Waals surface area contributed by atoms with Crippen molar-refractivity contribution in [3.8, 4) is 5.75 Å². The zero-order chi connectivity index (χ0) is 22.5. The lowest BCUT2D eigenvalue weighted by atomic mass is 9.90. The van der Waals surface area contributed by atoms with Crippen LogP contribution < -0.4 is 4.74 Å². The van der Waals surface area contributed by atoms with Crippen molar-refractivity contribution in [3.05, 3.63) is 52.1 Å². The first-order chi connectivity index (χ1) is 14.8. The van der Waals surface area contributed by atoms with Crippen LogP contribution in [0.15, 0.2) is 46.5 Å². The molecular weight excluding hydrogens is 420 g/mol. The smallest absolute Gasteiger partial charge is 0.119 e. The summed E-state index contributed by atoms with van der Waals surface area (Å²) >= 11 is 6.34. The van der Waals surface area contributed by atoms with E-state index in [4.69, 9.17) is 21.1 Å². The summed E-state index contributed by atoms with van der Waals surface area (Å²) in [5.41, 5.74) is 2.56. The predicted molar refractivity (Wildman–Crippen MR) is 119 cm³/mol. The van der Waals surface area contributed by atoms with E-state index in [2.05, 4.69) is 0 Å². The number of halogens is 1. The lowest BCUT2D eigenvalue weighted by Gasteiger charge is -2.40. The third kappa shape index (κ3) is 6.09. The minimum Gasteiger partial charge on any atom is -0.490 e. The van der Waals surface area contributed by atoms with E-state index in [1.807, 2.05) is 30.3 Å². The summed E-state index contributed by atoms with van der Waals surface area (Å²) in [5.74, 6) is 0.872. The number of benzene rings is 1. The maximum absolute atomic E-state index is 10.4. The fourth-order valence-corrected chi connectivity index (χ4v) is 4.33. The fourth-order valence-electron chi connectivity index (χ4n) is 4.21. The summed E-state index contributed by atoms with van der Waals surface area (Å²) < 4.78 is 11.7. The largest absolute Gasteiger partial charge is 0.490 e. The molecule has 3 rings (SSSR count). The normalized spacial score (nSPS) is 30.9. The molecule has 31 heavy (non-hydrogen) atoms. The van der Waals surface area contributed by atoms with Crippen molar-refractivity contribution in [2.45, 2.75) is 82.6 Å². The van der Waals surface area contributed by atoms with Crippen LogP contribution in [-0.4, -0.2) is 63.7 Å². The second-order valence-electron chi connectivity index (χ2n) is 8.54. The van der Waals surface area contributed by atoms with Crippen molar-refractivity contribution in [2.24, 2.45) is 0 Å². The Balaban J connectivity index is 1.70. The zero-order valence-electron chi connectivity index (χ0n) is 18.1. The van der Waals surface area contributed by atoms with E-state index in [0.29, 0.717) is 23.1 Å². The van der Waals surface area contributed by atoms with Gasteiger partial charge in [0.1, 0.15) is 36.3 Å². The highest BCUT2D eigenvalue weighted by atomic mass is 35.5. The van der Waals surface area contributed by atoms with Gasteiger partial charge in [-0.05, 0) is 74.8 Å². The van der Waals surface area contributed by atoms with Crippen molar-refractivity contribution >= 4 is 11.6 Å². The molecule has 1 saturated carbocycles. The lowest BCUT2D eigenvalue weighted by molar-refractivity contribution is -0.219. The standard InChI is InChI=1S/C24H33ClO6/c1-14(24-23(29)22(28)21(27)20(13-26)31-24)11-17(15(2)25)12-16-7-9-19(10-8-16)30-18-5-3-4-6-18/h7-11,18,20-24,26-29H,3-6,12-13H2,1-2H3/b14-11+,17-15-/t20-,21-,22?,23-,24+/m1/s1. The van der Waals surface area contributed by atoms with Crippen molar-refractivity contribution in [1.29, 1.82) is 0 Å². The average molecular weight is 453 g/mol. The topological polar surface area (TPSA) is 99.4 Å². The van der Waals surface area contributed by atoms with E-state index < -0.39 is 37.1 Å². The SMILES string of the molecule is C/C(=C\C(Cc1ccc(OC2CCCC2)cc1)=C(/C)Cl)[C@@H]1O[C@H](CO)[C@@H](O)C(O)[C@H]1O. The average Bonchev–Trinajstić information content (AvgIpc) is 3.26. The first kappa shape index (κ1) is 24.2. The van der Waals surface area contributed by atoms with Crippen LogP contribution in [0.3, 0.4) is 0 Å². The van der Waals surface area contributed by atoms with Gasteiger partial charge in [-0.25, -0.2) is 0 Å². The van der Waals surface area contributed by atoms with E-state index in [0.717, 1.165) is 29.7 Å². The second kappa shape index (κ2) is 10.9. The quantitative estimate of drug-likeness (QED) is 0.475. The van der Waals surface area contributed by atoms with Gasteiger partial charge in [-0.2, -0.15) is 0 Å². The minimum atomic E-state index is -1.41. The minimum absolute atomic E-state index is 0.315. The van der Waals surface area contributed by atoms with E-state index in [1.165, 1.54) is 12.8 Å². The molecule has 0 radical (unpaired) electrons. The number of aliphatic hydroxyl groups excluding tert-OH is 4. The molecule has 0 aromatic heterocycles. The summed E-state index contributed by atoms with van der Waals surface area (Å²) in [4.78, 5) is 0. The van der Waals surface area contributed by atoms with Crippen LogP contribution in [0.2, 0.25) is 0 Å². The van der Waals surface area contributed by atoms with Gasteiger partial charge in [0.15, 0.2) is 0 Å². The summed E-state index contributed by atoms with van der Waals surface area (Å²) in [7, 11) is 0. The molecule has 6 nitrogen and oxygen atoms in total. The van der Waals surface area contributed by atoms with E-state index in [-0.39, 0.29) is 0 Å². The maximum atomic E-state index is 10.4. The van der Waals surface area contributed by atoms with Gasteiger partial charge in [-0.1, -0.05) is 29.8 Å². The molecule has 0 amide bonds. The highest BCUT2D eigenvalue weighted by molar-refractivity contribution is 6.29. The Morgan fingerprint density at radius 2 is 1.71 bits per heavy atom. The third-order valence-electron chi connectivity index (χ3n) is 6.11. The number of ether oxygens (including phenoxy) is 2. The van der Waals surface area contributed by atoms with Crippen molar-refractivity contribution < 1.29 is 29.9 Å². The number of hydrogen-bond donors (Lipinski definition) is 4. The summed E-state index contributed by atoms with van der Waals surface area (Å²) in [5, 5.41) is 40.4. The van der Waals surface area contributed by atoms with E-state index >= 15 is 0 Å². The van der Waals surface area contributed by atoms with Gasteiger partial charge in [0.2, 0.25) is 0 Å². The Bertz CT molecular complexity index is 778. The Morgan fingerprint density at radius 3 is 2.29 bits per heavy atom. The molecule has 2 aliphatic rings. The molecule has 0 bridgehead atoms. The second-order valence-corrected chi connectivity index (χ2v) is 9.11. The third-order valence-corrected chi connectivity index (χ3v) is 6.35. The predicted octanol–water partition coefficient (Wildman–Crippen LogP) is 2.85. The van der Waals surface area contributed by atoms with Gasteiger partial charge in [-0.3, -0.25) is 0 Å². The van der Waals surface area contributed by atoms with Crippen LogP contribution in [0, 0.1) is 0 Å². The van der Waals surface area contributed by atoms with Gasteiger partial charge < -0.3 is 29.9 Å². The van der Waals surface area contributed by atoms with Crippen molar-refractivity contribution in [2.75, 3.05) is 6.61 Å². The number of aliphatic hydroxyl groups is 4. The van der Waals surface area contributed by atoms with Crippen LogP contribution in [0.1, 0.15) is 45.1 Å². The Labute approximate surface area is 188 Å². The molecule has 1 aromatic carbocycles. The highest BCUT2D eigenvalue weighted by Gasteiger charge is 2.43. The Hall–Kier alpha value is -1.41. The highest BCUT2D eigenvalue weighted by Crippen LogP contribution is 2.29. The van der Waals surface area contributed by atoms with Gasteiger partial charge in [0, 0.05) is 5.03 Å². The van der Waals surface area contributed by atoms with Gasteiger partial charge in [0.05, 0.1) is 12.7 Å². The van der Waals surface area contributed by atoms with E-state index in [1.54, 1.807) is 13.8 Å². The van der Waals surface area contributed by atoms with Crippen LogP contribution in [0.4, 0.5) is 0 Å². The molecule has 1 aliphatic heterocycles. The van der Waals surface area contributed by atoms with Gasteiger partial charge >= 0.3 is 0 Å². The van der Waals surface area contributed by atoms with Crippen LogP contribution in [0.5, 0.6) is 5.75 Å². The Morgan fingerprint density at radius 1 is 1.06 bits per heavy atom. The number of rotatable bonds is 7. The fraction of sp³-hybridized carbons (Fsp3) is 0.583. The number of hydrogen-bond acceptors (Lipinski definition) is 6. The van der Waals surface area contributed by atoms with Crippen molar-refractivity contribution in [1.82, 2.24) is 0 Å². The zero-order valence-corrected chi connectivity index (χ0v) is 18.8. The number of allylic oxidation sites excluding steroid dienone is 3. The maximum Gasteiger partial charge on any atom is 0.119 e. The molecule has 4 N–H and O–H groups in total. The molecule has 7 heteroatoms. The molecule has 1 unspecified atom stereocenters. The molecule has 1 heterocycles. The molecule has 172 valence electrons. The van der Waals surface area contributed by atoms with Crippen LogP contribution in [0.25, 0.3) is 0 Å². The molecular formula is C24H33ClO6. The Kier molecular flexibility index (Phi) is 8.56. The molecule has 2 fully saturated rings. The first-order valence-electron chi connectivity index (χ1n) is 10.9. The van der Waals surface area contributed by atoms with Gasteiger partial charge in [0.25, 0.3) is 0 Å². The molecule has 1 aliphatic carbocycles. The molecule has 5 atom stereocenters. The molecule has 0 spiro atoms. The monoisotopic (exact) mass is 452 g/mol. The van der Waals surface area contributed by atoms with E-state index in [9.17, 15) is 20.4 Å². The van der Waals surface area contributed by atoms with Crippen LogP contribution in [-0.2, 0) is 11.2 Å². The summed E-state index contributed by atoms with van der Waals surface area (Å²) in [6.07, 6.45) is 1.52. The summed E-state index contributed by atoms with van der Waals surface area (Å²) in [6, 6.07) is 7.98. The summed E-state index contributed by atoms with van der Waals surface area (Å²) in [6.45, 7) is 3.11. The molecule has 1 saturated heterocycles. The molecule has 1 aromatic rings. The van der Waals surface area contributed by atoms with Crippen molar-refractivity contribution in [3.63, 3.8) is 0 Å². The lowest BCUT2D eigenvalue weighted by Crippen LogP contribution is -2.58. The first-order valence-corrected chi connectivity index (χ1v) is 11.3. The van der Waals surface area contributed by atoms with Gasteiger partial charge in [-0.15, -0.1) is 0 Å².